The minimum Gasteiger partial charge on any atom is -0.383 e. The Balaban J connectivity index is 1.64. The normalized spacial score (nSPS) is 14.0. The maximum absolute atomic E-state index is 13.3. The molecule has 2 amide bonds. The minimum atomic E-state index is -0.0254. The molecular formula is C25H34N2O3S. The maximum atomic E-state index is 13.3. The van der Waals surface area contributed by atoms with Gasteiger partial charge in [0.1, 0.15) is 0 Å². The van der Waals surface area contributed by atoms with Crippen molar-refractivity contribution in [2.24, 2.45) is 5.92 Å². The molecule has 168 valence electrons. The summed E-state index contributed by atoms with van der Waals surface area (Å²) < 4.78 is 5.21. The van der Waals surface area contributed by atoms with Gasteiger partial charge in [-0.05, 0) is 29.3 Å². The highest BCUT2D eigenvalue weighted by Crippen LogP contribution is 2.28. The fraction of sp³-hybridized carbons (Fsp3) is 0.520. The smallest absolute Gasteiger partial charge is 0.242 e. The standard InChI is InChI=1S/C25H34N2O3S/c1-30-16-15-26(24(28)14-13-21-8-5-6-9-21)20-25(29)27(19-23-12-7-17-31-23)18-22-10-3-2-4-11-22/h2-4,7,10-12,17,21H,5-6,8-9,13-16,18-20H2,1H3. The van der Waals surface area contributed by atoms with E-state index in [-0.39, 0.29) is 18.4 Å². The van der Waals surface area contributed by atoms with Crippen LogP contribution in [0.25, 0.3) is 0 Å². The Morgan fingerprint density at radius 1 is 1.00 bits per heavy atom. The summed E-state index contributed by atoms with van der Waals surface area (Å²) in [6.45, 7) is 2.08. The van der Waals surface area contributed by atoms with Gasteiger partial charge >= 0.3 is 0 Å². The van der Waals surface area contributed by atoms with Gasteiger partial charge in [-0.1, -0.05) is 62.1 Å². The number of methoxy groups -OCH3 is 1. The quantitative estimate of drug-likeness (QED) is 0.478. The van der Waals surface area contributed by atoms with E-state index >= 15 is 0 Å². The second-order valence-electron chi connectivity index (χ2n) is 8.31. The number of nitrogens with zero attached hydrogens (tertiary/aromatic N) is 2. The summed E-state index contributed by atoms with van der Waals surface area (Å²) in [7, 11) is 1.63. The molecule has 31 heavy (non-hydrogen) atoms. The summed E-state index contributed by atoms with van der Waals surface area (Å²) in [6, 6.07) is 14.1. The summed E-state index contributed by atoms with van der Waals surface area (Å²) >= 11 is 1.65. The van der Waals surface area contributed by atoms with Gasteiger partial charge in [-0.25, -0.2) is 0 Å². The van der Waals surface area contributed by atoms with Crippen LogP contribution in [0.3, 0.4) is 0 Å². The molecule has 1 aromatic carbocycles. The maximum Gasteiger partial charge on any atom is 0.242 e. The van der Waals surface area contributed by atoms with Crippen LogP contribution < -0.4 is 0 Å². The summed E-state index contributed by atoms with van der Waals surface area (Å²) in [6.07, 6.45) is 6.47. The third-order valence-electron chi connectivity index (χ3n) is 5.98. The van der Waals surface area contributed by atoms with Crippen molar-refractivity contribution in [3.8, 4) is 0 Å². The summed E-state index contributed by atoms with van der Waals surface area (Å²) in [5.74, 6) is 0.702. The molecule has 0 aliphatic heterocycles. The van der Waals surface area contributed by atoms with Crippen molar-refractivity contribution in [3.05, 3.63) is 58.3 Å². The Bertz CT molecular complexity index is 788. The zero-order valence-corrected chi connectivity index (χ0v) is 19.3. The molecule has 0 radical (unpaired) electrons. The zero-order valence-electron chi connectivity index (χ0n) is 18.5. The molecule has 1 aliphatic rings. The molecule has 1 aliphatic carbocycles. The van der Waals surface area contributed by atoms with Crippen molar-refractivity contribution in [2.75, 3.05) is 26.8 Å². The molecule has 1 heterocycles. The van der Waals surface area contributed by atoms with E-state index in [4.69, 9.17) is 4.74 Å². The van der Waals surface area contributed by atoms with Gasteiger partial charge in [-0.3, -0.25) is 9.59 Å². The molecule has 0 saturated heterocycles. The van der Waals surface area contributed by atoms with Crippen LogP contribution in [-0.4, -0.2) is 48.4 Å². The summed E-state index contributed by atoms with van der Waals surface area (Å²) in [5.41, 5.74) is 1.09. The van der Waals surface area contributed by atoms with Crippen LogP contribution >= 0.6 is 11.3 Å². The van der Waals surface area contributed by atoms with Crippen LogP contribution in [0, 0.1) is 5.92 Å². The number of rotatable bonds is 12. The second-order valence-corrected chi connectivity index (χ2v) is 9.34. The monoisotopic (exact) mass is 442 g/mol. The van der Waals surface area contributed by atoms with Crippen LogP contribution in [0.1, 0.15) is 49.0 Å². The molecule has 1 aromatic heterocycles. The van der Waals surface area contributed by atoms with Crippen molar-refractivity contribution in [1.29, 1.82) is 0 Å². The number of ether oxygens (including phenoxy) is 1. The van der Waals surface area contributed by atoms with Crippen LogP contribution in [0.4, 0.5) is 0 Å². The van der Waals surface area contributed by atoms with E-state index < -0.39 is 0 Å². The largest absolute Gasteiger partial charge is 0.383 e. The van der Waals surface area contributed by atoms with E-state index in [2.05, 4.69) is 0 Å². The van der Waals surface area contributed by atoms with E-state index in [9.17, 15) is 9.59 Å². The molecule has 3 rings (SSSR count). The number of carbonyl (C=O) groups is 2. The van der Waals surface area contributed by atoms with E-state index in [1.54, 1.807) is 23.3 Å². The zero-order chi connectivity index (χ0) is 21.9. The van der Waals surface area contributed by atoms with Gasteiger partial charge in [0.05, 0.1) is 19.7 Å². The molecule has 1 saturated carbocycles. The van der Waals surface area contributed by atoms with Gasteiger partial charge in [0.25, 0.3) is 0 Å². The van der Waals surface area contributed by atoms with Crippen LogP contribution in [0.15, 0.2) is 47.8 Å². The molecule has 1 fully saturated rings. The first-order valence-electron chi connectivity index (χ1n) is 11.3. The fourth-order valence-corrected chi connectivity index (χ4v) is 4.89. The number of hydrogen-bond donors (Lipinski definition) is 0. The average Bonchev–Trinajstić information content (AvgIpc) is 3.49. The molecule has 0 spiro atoms. The molecule has 0 unspecified atom stereocenters. The SMILES string of the molecule is COCCN(CC(=O)N(Cc1ccccc1)Cc1cccs1)C(=O)CCC1CCCC1. The van der Waals surface area contributed by atoms with Crippen molar-refractivity contribution in [2.45, 2.75) is 51.6 Å². The molecular weight excluding hydrogens is 408 g/mol. The van der Waals surface area contributed by atoms with Gasteiger partial charge in [0.15, 0.2) is 0 Å². The van der Waals surface area contributed by atoms with Gasteiger partial charge in [0.2, 0.25) is 11.8 Å². The van der Waals surface area contributed by atoms with Crippen LogP contribution in [0.5, 0.6) is 0 Å². The third kappa shape index (κ3) is 7.78. The number of amides is 2. The van der Waals surface area contributed by atoms with Gasteiger partial charge in [-0.15, -0.1) is 11.3 Å². The first kappa shape index (κ1) is 23.5. The highest BCUT2D eigenvalue weighted by molar-refractivity contribution is 7.09. The predicted molar refractivity (Wildman–Crippen MR) is 125 cm³/mol. The van der Waals surface area contributed by atoms with Crippen molar-refractivity contribution in [1.82, 2.24) is 9.80 Å². The lowest BCUT2D eigenvalue weighted by atomic mass is 10.0. The molecule has 6 heteroatoms. The topological polar surface area (TPSA) is 49.9 Å². The number of benzene rings is 1. The molecule has 0 atom stereocenters. The molecule has 5 nitrogen and oxygen atoms in total. The van der Waals surface area contributed by atoms with E-state index in [1.807, 2.05) is 52.7 Å². The molecule has 0 N–H and O–H groups in total. The van der Waals surface area contributed by atoms with Gasteiger partial charge in [0, 0.05) is 31.5 Å². The first-order chi connectivity index (χ1) is 15.2. The predicted octanol–water partition coefficient (Wildman–Crippen LogP) is 4.72. The molecule has 0 bridgehead atoms. The highest BCUT2D eigenvalue weighted by atomic mass is 32.1. The van der Waals surface area contributed by atoms with E-state index in [1.165, 1.54) is 25.7 Å². The Kier molecular flexibility index (Phi) is 9.56. The third-order valence-corrected chi connectivity index (χ3v) is 6.84. The minimum absolute atomic E-state index is 0.0254. The number of hydrogen-bond acceptors (Lipinski definition) is 4. The lowest BCUT2D eigenvalue weighted by Gasteiger charge is -2.28. The van der Waals surface area contributed by atoms with Crippen LogP contribution in [-0.2, 0) is 27.4 Å². The van der Waals surface area contributed by atoms with Crippen molar-refractivity contribution >= 4 is 23.2 Å². The summed E-state index contributed by atoms with van der Waals surface area (Å²) in [5, 5.41) is 2.03. The first-order valence-corrected chi connectivity index (χ1v) is 12.1. The lowest BCUT2D eigenvalue weighted by Crippen LogP contribution is -2.43. The number of carbonyl (C=O) groups excluding carboxylic acids is 2. The second kappa shape index (κ2) is 12.6. The Morgan fingerprint density at radius 2 is 1.77 bits per heavy atom. The van der Waals surface area contributed by atoms with E-state index in [0.29, 0.717) is 38.6 Å². The van der Waals surface area contributed by atoms with Crippen molar-refractivity contribution in [3.63, 3.8) is 0 Å². The Morgan fingerprint density at radius 3 is 2.45 bits per heavy atom. The Labute approximate surface area is 190 Å². The fourth-order valence-electron chi connectivity index (χ4n) is 4.17. The van der Waals surface area contributed by atoms with Gasteiger partial charge in [-0.2, -0.15) is 0 Å². The summed E-state index contributed by atoms with van der Waals surface area (Å²) in [4.78, 5) is 30.9. The van der Waals surface area contributed by atoms with E-state index in [0.717, 1.165) is 16.9 Å². The molecule has 2 aromatic rings. The van der Waals surface area contributed by atoms with Crippen molar-refractivity contribution < 1.29 is 14.3 Å². The average molecular weight is 443 g/mol. The van der Waals surface area contributed by atoms with Gasteiger partial charge < -0.3 is 14.5 Å². The highest BCUT2D eigenvalue weighted by Gasteiger charge is 2.23. The number of thiophene rings is 1. The lowest BCUT2D eigenvalue weighted by molar-refractivity contribution is -0.141. The van der Waals surface area contributed by atoms with Crippen LogP contribution in [0.2, 0.25) is 0 Å². The Hall–Kier alpha value is -2.18.